The van der Waals surface area contributed by atoms with Crippen LogP contribution in [0.3, 0.4) is 0 Å². The van der Waals surface area contributed by atoms with E-state index in [9.17, 15) is 0 Å². The van der Waals surface area contributed by atoms with Crippen molar-refractivity contribution >= 4 is 5.96 Å². The first-order chi connectivity index (χ1) is 9.29. The topological polar surface area (TPSA) is 36.9 Å². The van der Waals surface area contributed by atoms with E-state index in [1.165, 1.54) is 38.8 Å². The fourth-order valence-electron chi connectivity index (χ4n) is 3.12. The van der Waals surface area contributed by atoms with E-state index in [2.05, 4.69) is 17.1 Å². The highest BCUT2D eigenvalue weighted by Gasteiger charge is 2.43. The number of hydrogen-bond acceptors (Lipinski definition) is 2. The van der Waals surface area contributed by atoms with Gasteiger partial charge in [-0.25, -0.2) is 0 Å². The molecule has 0 aromatic rings. The van der Waals surface area contributed by atoms with Gasteiger partial charge < -0.3 is 15.0 Å². The summed E-state index contributed by atoms with van der Waals surface area (Å²) in [7, 11) is 0. The lowest BCUT2D eigenvalue weighted by molar-refractivity contribution is 0.146. The Morgan fingerprint density at radius 3 is 2.74 bits per heavy atom. The molecule has 0 aromatic carbocycles. The number of rotatable bonds is 6. The molecule has 1 saturated heterocycles. The molecule has 19 heavy (non-hydrogen) atoms. The summed E-state index contributed by atoms with van der Waals surface area (Å²) in [6.07, 6.45) is 6.65. The molecule has 1 N–H and O–H groups in total. The van der Waals surface area contributed by atoms with Gasteiger partial charge in [-0.3, -0.25) is 4.99 Å². The van der Waals surface area contributed by atoms with Crippen LogP contribution < -0.4 is 5.32 Å². The number of nitrogens with zero attached hydrogens (tertiary/aromatic N) is 2. The number of likely N-dealkylation sites (tertiary alicyclic amines) is 1. The predicted molar refractivity (Wildman–Crippen MR) is 79.6 cm³/mol. The standard InChI is InChI=1S/C15H29N3O/c1-3-16-14(17-10-6-12-19-4-2)18-11-9-15(13-18)7-5-8-15/h3-13H2,1-2H3,(H,16,17). The van der Waals surface area contributed by atoms with E-state index >= 15 is 0 Å². The van der Waals surface area contributed by atoms with Crippen LogP contribution in [0, 0.1) is 5.41 Å². The van der Waals surface area contributed by atoms with Gasteiger partial charge in [0.15, 0.2) is 5.96 Å². The Morgan fingerprint density at radius 2 is 2.16 bits per heavy atom. The molecule has 0 aromatic heterocycles. The smallest absolute Gasteiger partial charge is 0.193 e. The fraction of sp³-hybridized carbons (Fsp3) is 0.933. The van der Waals surface area contributed by atoms with E-state index in [0.717, 1.165) is 38.7 Å². The molecule has 110 valence electrons. The van der Waals surface area contributed by atoms with Crippen LogP contribution in [0.2, 0.25) is 0 Å². The van der Waals surface area contributed by atoms with Crippen LogP contribution in [0.15, 0.2) is 4.99 Å². The van der Waals surface area contributed by atoms with Crippen molar-refractivity contribution in [2.45, 2.75) is 46.0 Å². The summed E-state index contributed by atoms with van der Waals surface area (Å²) in [6, 6.07) is 0. The number of nitrogens with one attached hydrogen (secondary N) is 1. The summed E-state index contributed by atoms with van der Waals surface area (Å²) in [5, 5.41) is 3.44. The van der Waals surface area contributed by atoms with Gasteiger partial charge in [0.1, 0.15) is 0 Å². The van der Waals surface area contributed by atoms with Crippen LogP contribution in [-0.4, -0.2) is 50.3 Å². The molecule has 2 rings (SSSR count). The molecule has 1 saturated carbocycles. The Kier molecular flexibility index (Phi) is 5.49. The molecule has 1 heterocycles. The normalized spacial score (nSPS) is 21.8. The third kappa shape index (κ3) is 3.85. The Bertz CT molecular complexity index is 300. The van der Waals surface area contributed by atoms with Gasteiger partial charge >= 0.3 is 0 Å². The second-order valence-corrected chi connectivity index (χ2v) is 5.81. The zero-order chi connectivity index (χ0) is 13.6. The largest absolute Gasteiger partial charge is 0.382 e. The quantitative estimate of drug-likeness (QED) is 0.455. The molecular formula is C15H29N3O. The maximum atomic E-state index is 5.36. The maximum absolute atomic E-state index is 5.36. The summed E-state index contributed by atoms with van der Waals surface area (Å²) < 4.78 is 5.36. The van der Waals surface area contributed by atoms with Crippen molar-refractivity contribution in [3.63, 3.8) is 0 Å². The summed E-state index contributed by atoms with van der Waals surface area (Å²) in [5.74, 6) is 1.11. The van der Waals surface area contributed by atoms with E-state index in [0.29, 0.717) is 5.41 Å². The zero-order valence-corrected chi connectivity index (χ0v) is 12.6. The predicted octanol–water partition coefficient (Wildman–Crippen LogP) is 2.25. The second kappa shape index (κ2) is 7.13. The maximum Gasteiger partial charge on any atom is 0.193 e. The van der Waals surface area contributed by atoms with Crippen LogP contribution in [0.5, 0.6) is 0 Å². The van der Waals surface area contributed by atoms with Gasteiger partial charge in [0.25, 0.3) is 0 Å². The Balaban J connectivity index is 1.79. The van der Waals surface area contributed by atoms with Gasteiger partial charge in [-0.15, -0.1) is 0 Å². The van der Waals surface area contributed by atoms with Gasteiger partial charge in [0.05, 0.1) is 0 Å². The van der Waals surface area contributed by atoms with E-state index < -0.39 is 0 Å². The van der Waals surface area contributed by atoms with Crippen LogP contribution >= 0.6 is 0 Å². The monoisotopic (exact) mass is 267 g/mol. The first-order valence-corrected chi connectivity index (χ1v) is 7.91. The van der Waals surface area contributed by atoms with Crippen molar-refractivity contribution in [2.75, 3.05) is 39.4 Å². The molecular weight excluding hydrogens is 238 g/mol. The molecule has 2 fully saturated rings. The average molecular weight is 267 g/mol. The Morgan fingerprint density at radius 1 is 1.32 bits per heavy atom. The fourth-order valence-corrected chi connectivity index (χ4v) is 3.12. The Hall–Kier alpha value is -0.770. The van der Waals surface area contributed by atoms with Crippen LogP contribution in [0.4, 0.5) is 0 Å². The van der Waals surface area contributed by atoms with Gasteiger partial charge in [-0.1, -0.05) is 6.42 Å². The minimum absolute atomic E-state index is 0.640. The zero-order valence-electron chi connectivity index (χ0n) is 12.6. The number of hydrogen-bond donors (Lipinski definition) is 1. The lowest BCUT2D eigenvalue weighted by Gasteiger charge is -2.38. The van der Waals surface area contributed by atoms with E-state index in [1.54, 1.807) is 0 Å². The molecule has 0 unspecified atom stereocenters. The van der Waals surface area contributed by atoms with Gasteiger partial charge in [0, 0.05) is 39.4 Å². The molecule has 0 atom stereocenters. The third-order valence-corrected chi connectivity index (χ3v) is 4.40. The lowest BCUT2D eigenvalue weighted by Crippen LogP contribution is -2.42. The van der Waals surface area contributed by atoms with E-state index in [4.69, 9.17) is 9.73 Å². The van der Waals surface area contributed by atoms with E-state index in [1.807, 2.05) is 6.92 Å². The van der Waals surface area contributed by atoms with E-state index in [-0.39, 0.29) is 0 Å². The van der Waals surface area contributed by atoms with Crippen molar-refractivity contribution in [1.29, 1.82) is 0 Å². The Labute approximate surface area is 117 Å². The summed E-state index contributed by atoms with van der Waals surface area (Å²) in [4.78, 5) is 7.20. The van der Waals surface area contributed by atoms with Crippen molar-refractivity contribution < 1.29 is 4.74 Å². The molecule has 1 spiro atoms. The molecule has 1 aliphatic heterocycles. The van der Waals surface area contributed by atoms with Gasteiger partial charge in [-0.05, 0) is 44.9 Å². The number of aliphatic imine (C=N–C) groups is 1. The summed E-state index contributed by atoms with van der Waals surface area (Å²) in [5.41, 5.74) is 0.640. The van der Waals surface area contributed by atoms with Gasteiger partial charge in [-0.2, -0.15) is 0 Å². The molecule has 0 amide bonds. The molecule has 2 aliphatic rings. The van der Waals surface area contributed by atoms with Crippen LogP contribution in [0.1, 0.15) is 46.0 Å². The highest BCUT2D eigenvalue weighted by Crippen LogP contribution is 2.47. The molecule has 4 nitrogen and oxygen atoms in total. The van der Waals surface area contributed by atoms with Crippen molar-refractivity contribution in [2.24, 2.45) is 10.4 Å². The minimum atomic E-state index is 0.640. The highest BCUT2D eigenvalue weighted by atomic mass is 16.5. The SMILES string of the molecule is CCNC(=NCCCOCC)N1CCC2(CCC2)C1. The molecule has 4 heteroatoms. The minimum Gasteiger partial charge on any atom is -0.382 e. The third-order valence-electron chi connectivity index (χ3n) is 4.40. The molecule has 0 radical (unpaired) electrons. The van der Waals surface area contributed by atoms with Gasteiger partial charge in [0.2, 0.25) is 0 Å². The summed E-state index contributed by atoms with van der Waals surface area (Å²) >= 11 is 0. The summed E-state index contributed by atoms with van der Waals surface area (Å²) in [6.45, 7) is 10.0. The number of ether oxygens (including phenoxy) is 1. The molecule has 0 bridgehead atoms. The highest BCUT2D eigenvalue weighted by molar-refractivity contribution is 5.80. The first kappa shape index (κ1) is 14.6. The van der Waals surface area contributed by atoms with Crippen LogP contribution in [0.25, 0.3) is 0 Å². The second-order valence-electron chi connectivity index (χ2n) is 5.81. The molecule has 1 aliphatic carbocycles. The van der Waals surface area contributed by atoms with Crippen molar-refractivity contribution in [3.8, 4) is 0 Å². The van der Waals surface area contributed by atoms with Crippen molar-refractivity contribution in [3.05, 3.63) is 0 Å². The average Bonchev–Trinajstić information content (AvgIpc) is 2.82. The van der Waals surface area contributed by atoms with Crippen LogP contribution in [-0.2, 0) is 4.74 Å². The number of guanidine groups is 1. The lowest BCUT2D eigenvalue weighted by atomic mass is 9.68. The van der Waals surface area contributed by atoms with Crippen molar-refractivity contribution in [1.82, 2.24) is 10.2 Å². The first-order valence-electron chi connectivity index (χ1n) is 7.91.